The van der Waals surface area contributed by atoms with E-state index >= 15 is 0 Å². The lowest BCUT2D eigenvalue weighted by Gasteiger charge is -2.02. The zero-order valence-corrected chi connectivity index (χ0v) is 15.2. The molecule has 1 aromatic heterocycles. The van der Waals surface area contributed by atoms with E-state index < -0.39 is 0 Å². The summed E-state index contributed by atoms with van der Waals surface area (Å²) in [6, 6.07) is 15.1. The van der Waals surface area contributed by atoms with Gasteiger partial charge in [0.15, 0.2) is 0 Å². The molecule has 0 saturated carbocycles. The van der Waals surface area contributed by atoms with E-state index in [-0.39, 0.29) is 5.91 Å². The Balaban J connectivity index is 1.50. The molecule has 128 valence electrons. The third-order valence-corrected chi connectivity index (χ3v) is 4.69. The number of nitrogens with zero attached hydrogens (tertiary/aromatic N) is 2. The molecule has 0 bridgehead atoms. The smallest absolute Gasteiger partial charge is 0.251 e. The maximum absolute atomic E-state index is 12.1. The van der Waals surface area contributed by atoms with Gasteiger partial charge in [-0.25, -0.2) is 4.98 Å². The summed E-state index contributed by atoms with van der Waals surface area (Å²) in [6.45, 7) is 2.36. The number of carbonyl (C=O) groups excluding carboxylic acids is 1. The summed E-state index contributed by atoms with van der Waals surface area (Å²) in [6.07, 6.45) is 0. The van der Waals surface area contributed by atoms with Gasteiger partial charge in [0.1, 0.15) is 5.82 Å². The van der Waals surface area contributed by atoms with Crippen molar-refractivity contribution in [2.24, 2.45) is 0 Å². The highest BCUT2D eigenvalue weighted by molar-refractivity contribution is 7.98. The van der Waals surface area contributed by atoms with Crippen LogP contribution in [0.5, 0.6) is 0 Å². The summed E-state index contributed by atoms with van der Waals surface area (Å²) in [5.74, 6) is 1.24. The molecular weight excluding hydrogens is 356 g/mol. The van der Waals surface area contributed by atoms with Gasteiger partial charge in [0, 0.05) is 16.3 Å². The van der Waals surface area contributed by atoms with Gasteiger partial charge in [0.2, 0.25) is 5.16 Å². The molecule has 0 radical (unpaired) electrons. The number of aromatic amines is 1. The van der Waals surface area contributed by atoms with Gasteiger partial charge >= 0.3 is 0 Å². The molecule has 1 heterocycles. The molecule has 0 atom stereocenters. The van der Waals surface area contributed by atoms with Gasteiger partial charge in [0.05, 0.1) is 6.54 Å². The molecule has 0 unspecified atom stereocenters. The topological polar surface area (TPSA) is 70.7 Å². The molecule has 0 spiro atoms. The Morgan fingerprint density at radius 3 is 2.60 bits per heavy atom. The van der Waals surface area contributed by atoms with E-state index in [1.54, 1.807) is 36.0 Å². The summed E-state index contributed by atoms with van der Waals surface area (Å²) in [4.78, 5) is 16.4. The van der Waals surface area contributed by atoms with Crippen LogP contribution in [0.4, 0.5) is 0 Å². The lowest BCUT2D eigenvalue weighted by molar-refractivity contribution is 0.0950. The normalized spacial score (nSPS) is 10.6. The summed E-state index contributed by atoms with van der Waals surface area (Å²) < 4.78 is 0. The monoisotopic (exact) mass is 372 g/mol. The first-order valence-corrected chi connectivity index (χ1v) is 9.10. The van der Waals surface area contributed by atoms with Gasteiger partial charge in [-0.3, -0.25) is 9.89 Å². The van der Waals surface area contributed by atoms with Crippen LogP contribution >= 0.6 is 23.4 Å². The van der Waals surface area contributed by atoms with Crippen molar-refractivity contribution < 1.29 is 4.79 Å². The molecule has 2 aromatic carbocycles. The molecular formula is C18H17ClN4OS. The van der Waals surface area contributed by atoms with E-state index in [1.165, 1.54) is 11.1 Å². The lowest BCUT2D eigenvalue weighted by atomic mass is 10.2. The summed E-state index contributed by atoms with van der Waals surface area (Å²) in [5, 5.41) is 11.1. The zero-order valence-electron chi connectivity index (χ0n) is 13.6. The standard InChI is InChI=1S/C18H17ClN4OS/c1-12-2-4-13(5-3-12)11-25-18-21-16(22-23-18)10-20-17(24)14-6-8-15(19)9-7-14/h2-9H,10-11H2,1H3,(H,20,24)(H,21,22,23). The fourth-order valence-electron chi connectivity index (χ4n) is 2.12. The Bertz CT molecular complexity index is 846. The average molecular weight is 373 g/mol. The van der Waals surface area contributed by atoms with Crippen molar-refractivity contribution in [2.75, 3.05) is 0 Å². The van der Waals surface area contributed by atoms with Crippen LogP contribution in [-0.4, -0.2) is 21.1 Å². The van der Waals surface area contributed by atoms with Crippen LogP contribution in [0.15, 0.2) is 53.7 Å². The van der Waals surface area contributed by atoms with Gasteiger partial charge in [-0.15, -0.1) is 5.10 Å². The number of aryl methyl sites for hydroxylation is 1. The molecule has 1 amide bonds. The first-order valence-electron chi connectivity index (χ1n) is 7.73. The number of hydrogen-bond donors (Lipinski definition) is 2. The van der Waals surface area contributed by atoms with Gasteiger partial charge in [0.25, 0.3) is 5.91 Å². The first kappa shape index (κ1) is 17.5. The number of carbonyl (C=O) groups is 1. The number of H-pyrrole nitrogens is 1. The molecule has 2 N–H and O–H groups in total. The van der Waals surface area contributed by atoms with Crippen molar-refractivity contribution in [1.82, 2.24) is 20.5 Å². The maximum atomic E-state index is 12.1. The highest BCUT2D eigenvalue weighted by atomic mass is 35.5. The molecule has 0 fully saturated rings. The number of aromatic nitrogens is 3. The van der Waals surface area contributed by atoms with Crippen LogP contribution in [0, 0.1) is 6.92 Å². The third kappa shape index (κ3) is 5.08. The van der Waals surface area contributed by atoms with Crippen molar-refractivity contribution in [3.63, 3.8) is 0 Å². The van der Waals surface area contributed by atoms with Gasteiger partial charge in [-0.05, 0) is 36.8 Å². The van der Waals surface area contributed by atoms with E-state index in [9.17, 15) is 4.79 Å². The van der Waals surface area contributed by atoms with Crippen molar-refractivity contribution in [1.29, 1.82) is 0 Å². The number of halogens is 1. The number of benzene rings is 2. The largest absolute Gasteiger partial charge is 0.345 e. The molecule has 0 aliphatic carbocycles. The number of rotatable bonds is 6. The molecule has 3 aromatic rings. The van der Waals surface area contributed by atoms with Crippen LogP contribution in [0.1, 0.15) is 27.3 Å². The van der Waals surface area contributed by atoms with Crippen molar-refractivity contribution in [3.05, 3.63) is 76.1 Å². The summed E-state index contributed by atoms with van der Waals surface area (Å²) in [5.41, 5.74) is 3.02. The Labute approximate surface area is 155 Å². The zero-order chi connectivity index (χ0) is 17.6. The Morgan fingerprint density at radius 1 is 1.16 bits per heavy atom. The highest BCUT2D eigenvalue weighted by Crippen LogP contribution is 2.19. The molecule has 0 aliphatic rings. The van der Waals surface area contributed by atoms with Gasteiger partial charge in [-0.1, -0.05) is 53.2 Å². The minimum absolute atomic E-state index is 0.179. The molecule has 7 heteroatoms. The van der Waals surface area contributed by atoms with Crippen molar-refractivity contribution >= 4 is 29.3 Å². The fourth-order valence-corrected chi connectivity index (χ4v) is 3.02. The van der Waals surface area contributed by atoms with E-state index in [4.69, 9.17) is 11.6 Å². The van der Waals surface area contributed by atoms with Crippen LogP contribution in [0.3, 0.4) is 0 Å². The fraction of sp³-hybridized carbons (Fsp3) is 0.167. The van der Waals surface area contributed by atoms with E-state index in [0.29, 0.717) is 28.1 Å². The molecule has 0 aliphatic heterocycles. The van der Waals surface area contributed by atoms with Crippen LogP contribution in [0.25, 0.3) is 0 Å². The summed E-state index contributed by atoms with van der Waals surface area (Å²) >= 11 is 7.37. The second-order valence-electron chi connectivity index (χ2n) is 5.53. The second-order valence-corrected chi connectivity index (χ2v) is 6.91. The van der Waals surface area contributed by atoms with E-state index in [0.717, 1.165) is 5.75 Å². The second kappa shape index (κ2) is 8.18. The Morgan fingerprint density at radius 2 is 1.88 bits per heavy atom. The number of hydrogen-bond acceptors (Lipinski definition) is 4. The molecule has 25 heavy (non-hydrogen) atoms. The van der Waals surface area contributed by atoms with Gasteiger partial charge in [-0.2, -0.15) is 0 Å². The predicted octanol–water partition coefficient (Wildman–Crippen LogP) is 3.99. The Kier molecular flexibility index (Phi) is 5.73. The van der Waals surface area contributed by atoms with Crippen molar-refractivity contribution in [3.8, 4) is 0 Å². The van der Waals surface area contributed by atoms with E-state index in [1.807, 2.05) is 0 Å². The minimum atomic E-state index is -0.179. The van der Waals surface area contributed by atoms with E-state index in [2.05, 4.69) is 51.7 Å². The maximum Gasteiger partial charge on any atom is 0.251 e. The predicted molar refractivity (Wildman–Crippen MR) is 99.7 cm³/mol. The van der Waals surface area contributed by atoms with Crippen LogP contribution < -0.4 is 5.32 Å². The average Bonchev–Trinajstić information content (AvgIpc) is 3.08. The SMILES string of the molecule is Cc1ccc(CSc2n[nH]c(CNC(=O)c3ccc(Cl)cc3)n2)cc1. The number of amides is 1. The number of nitrogens with one attached hydrogen (secondary N) is 2. The van der Waals surface area contributed by atoms with Crippen molar-refractivity contribution in [2.45, 2.75) is 24.4 Å². The number of thioether (sulfide) groups is 1. The molecule has 3 rings (SSSR count). The highest BCUT2D eigenvalue weighted by Gasteiger charge is 2.08. The molecule has 0 saturated heterocycles. The van der Waals surface area contributed by atoms with Crippen LogP contribution in [0.2, 0.25) is 5.02 Å². The first-order chi connectivity index (χ1) is 12.1. The quantitative estimate of drug-likeness (QED) is 0.642. The Hall–Kier alpha value is -2.31. The minimum Gasteiger partial charge on any atom is -0.345 e. The summed E-state index contributed by atoms with van der Waals surface area (Å²) in [7, 11) is 0. The van der Waals surface area contributed by atoms with Gasteiger partial charge < -0.3 is 5.32 Å². The molecule has 5 nitrogen and oxygen atoms in total. The van der Waals surface area contributed by atoms with Crippen LogP contribution in [-0.2, 0) is 12.3 Å². The lowest BCUT2D eigenvalue weighted by Crippen LogP contribution is -2.23. The third-order valence-electron chi connectivity index (χ3n) is 3.52.